The fourth-order valence-corrected chi connectivity index (χ4v) is 3.52. The van der Waals surface area contributed by atoms with Crippen molar-refractivity contribution < 1.29 is 0 Å². The second-order valence-corrected chi connectivity index (χ2v) is 6.35. The van der Waals surface area contributed by atoms with E-state index in [9.17, 15) is 0 Å². The zero-order chi connectivity index (χ0) is 12.3. The van der Waals surface area contributed by atoms with Gasteiger partial charge in [0, 0.05) is 35.8 Å². The molecule has 1 unspecified atom stereocenters. The standard InChI is InChI=1S/C14H22N2S/c1-11(2)15-13-6-4-12(5-7-13)14-10-16(3)8-9-17-14/h4-7,11,14-15H,8-10H2,1-3H3. The van der Waals surface area contributed by atoms with Gasteiger partial charge >= 0.3 is 0 Å². The predicted molar refractivity (Wildman–Crippen MR) is 77.9 cm³/mol. The lowest BCUT2D eigenvalue weighted by Gasteiger charge is -2.29. The van der Waals surface area contributed by atoms with E-state index in [1.807, 2.05) is 0 Å². The van der Waals surface area contributed by atoms with E-state index in [0.29, 0.717) is 11.3 Å². The Morgan fingerprint density at radius 2 is 2.00 bits per heavy atom. The predicted octanol–water partition coefficient (Wildman–Crippen LogP) is 3.23. The molecular weight excluding hydrogens is 228 g/mol. The van der Waals surface area contributed by atoms with Crippen LogP contribution in [0.4, 0.5) is 5.69 Å². The van der Waals surface area contributed by atoms with Gasteiger partial charge in [-0.25, -0.2) is 0 Å². The van der Waals surface area contributed by atoms with Crippen LogP contribution in [-0.4, -0.2) is 36.8 Å². The third-order valence-corrected chi connectivity index (χ3v) is 4.25. The number of hydrogen-bond acceptors (Lipinski definition) is 3. The molecule has 1 aliphatic heterocycles. The maximum absolute atomic E-state index is 3.43. The zero-order valence-electron chi connectivity index (χ0n) is 10.9. The van der Waals surface area contributed by atoms with Gasteiger partial charge in [-0.05, 0) is 38.6 Å². The van der Waals surface area contributed by atoms with Crippen molar-refractivity contribution in [3.8, 4) is 0 Å². The third-order valence-electron chi connectivity index (χ3n) is 3.01. The topological polar surface area (TPSA) is 15.3 Å². The van der Waals surface area contributed by atoms with Gasteiger partial charge in [-0.3, -0.25) is 0 Å². The Bertz CT molecular complexity index is 348. The van der Waals surface area contributed by atoms with Crippen LogP contribution in [0.2, 0.25) is 0 Å². The molecule has 1 fully saturated rings. The van der Waals surface area contributed by atoms with Crippen LogP contribution >= 0.6 is 11.8 Å². The highest BCUT2D eigenvalue weighted by Gasteiger charge is 2.19. The largest absolute Gasteiger partial charge is 0.383 e. The summed E-state index contributed by atoms with van der Waals surface area (Å²) in [6.45, 7) is 6.72. The highest BCUT2D eigenvalue weighted by atomic mass is 32.2. The molecule has 17 heavy (non-hydrogen) atoms. The van der Waals surface area contributed by atoms with Crippen molar-refractivity contribution in [2.75, 3.05) is 31.2 Å². The molecule has 1 heterocycles. The van der Waals surface area contributed by atoms with E-state index in [1.165, 1.54) is 30.1 Å². The van der Waals surface area contributed by atoms with Gasteiger partial charge in [0.05, 0.1) is 0 Å². The van der Waals surface area contributed by atoms with Crippen LogP contribution in [0.5, 0.6) is 0 Å². The fourth-order valence-electron chi connectivity index (χ4n) is 2.11. The quantitative estimate of drug-likeness (QED) is 0.886. The van der Waals surface area contributed by atoms with Crippen molar-refractivity contribution >= 4 is 17.4 Å². The summed E-state index contributed by atoms with van der Waals surface area (Å²) in [5, 5.41) is 4.07. The lowest BCUT2D eigenvalue weighted by atomic mass is 10.1. The Morgan fingerprint density at radius 3 is 2.59 bits per heavy atom. The number of hydrogen-bond donors (Lipinski definition) is 1. The second-order valence-electron chi connectivity index (χ2n) is 5.04. The Labute approximate surface area is 109 Å². The molecule has 1 saturated heterocycles. The molecule has 0 spiro atoms. The van der Waals surface area contributed by atoms with Gasteiger partial charge in [0.1, 0.15) is 0 Å². The van der Waals surface area contributed by atoms with Crippen molar-refractivity contribution in [2.24, 2.45) is 0 Å². The van der Waals surface area contributed by atoms with Crippen LogP contribution in [-0.2, 0) is 0 Å². The van der Waals surface area contributed by atoms with Crippen molar-refractivity contribution in [1.82, 2.24) is 4.90 Å². The van der Waals surface area contributed by atoms with E-state index in [2.05, 4.69) is 67.1 Å². The summed E-state index contributed by atoms with van der Waals surface area (Å²) >= 11 is 2.08. The molecule has 0 aliphatic carbocycles. The van der Waals surface area contributed by atoms with Crippen LogP contribution in [0.15, 0.2) is 24.3 Å². The highest BCUT2D eigenvalue weighted by molar-refractivity contribution is 7.99. The molecule has 0 bridgehead atoms. The van der Waals surface area contributed by atoms with Gasteiger partial charge in [-0.1, -0.05) is 12.1 Å². The van der Waals surface area contributed by atoms with Crippen molar-refractivity contribution in [3.05, 3.63) is 29.8 Å². The molecule has 3 heteroatoms. The number of likely N-dealkylation sites (N-methyl/N-ethyl adjacent to an activating group) is 1. The fraction of sp³-hybridized carbons (Fsp3) is 0.571. The van der Waals surface area contributed by atoms with Gasteiger partial charge in [0.2, 0.25) is 0 Å². The molecule has 0 aromatic heterocycles. The molecule has 0 amide bonds. The van der Waals surface area contributed by atoms with Gasteiger partial charge < -0.3 is 10.2 Å². The number of nitrogens with one attached hydrogen (secondary N) is 1. The molecule has 1 aliphatic rings. The van der Waals surface area contributed by atoms with Gasteiger partial charge in [0.15, 0.2) is 0 Å². The smallest absolute Gasteiger partial charge is 0.0424 e. The maximum Gasteiger partial charge on any atom is 0.0424 e. The molecule has 94 valence electrons. The first-order valence-corrected chi connectivity index (χ1v) is 7.36. The summed E-state index contributed by atoms with van der Waals surface area (Å²) in [5.74, 6) is 1.24. The highest BCUT2D eigenvalue weighted by Crippen LogP contribution is 2.33. The Balaban J connectivity index is 2.01. The van der Waals surface area contributed by atoms with E-state index < -0.39 is 0 Å². The number of thioether (sulfide) groups is 1. The van der Waals surface area contributed by atoms with E-state index in [-0.39, 0.29) is 0 Å². The summed E-state index contributed by atoms with van der Waals surface area (Å²) in [4.78, 5) is 2.42. The van der Waals surface area contributed by atoms with E-state index in [4.69, 9.17) is 0 Å². The first-order chi connectivity index (χ1) is 8.15. The minimum atomic E-state index is 0.496. The molecule has 1 aromatic rings. The summed E-state index contributed by atoms with van der Waals surface area (Å²) in [5.41, 5.74) is 2.67. The van der Waals surface area contributed by atoms with E-state index in [1.54, 1.807) is 0 Å². The molecular formula is C14H22N2S. The summed E-state index contributed by atoms with van der Waals surface area (Å²) in [7, 11) is 2.21. The first-order valence-electron chi connectivity index (χ1n) is 6.32. The summed E-state index contributed by atoms with van der Waals surface area (Å²) in [6.07, 6.45) is 0. The van der Waals surface area contributed by atoms with Crippen molar-refractivity contribution in [2.45, 2.75) is 25.1 Å². The summed E-state index contributed by atoms with van der Waals surface area (Å²) < 4.78 is 0. The van der Waals surface area contributed by atoms with Crippen LogP contribution in [0.25, 0.3) is 0 Å². The van der Waals surface area contributed by atoms with E-state index in [0.717, 1.165) is 0 Å². The third kappa shape index (κ3) is 3.65. The number of anilines is 1. The Morgan fingerprint density at radius 1 is 1.29 bits per heavy atom. The average molecular weight is 250 g/mol. The lowest BCUT2D eigenvalue weighted by Crippen LogP contribution is -2.30. The SMILES string of the molecule is CC(C)Nc1ccc(C2CN(C)CCS2)cc1. The summed E-state index contributed by atoms with van der Waals surface area (Å²) in [6, 6.07) is 9.42. The Hall–Kier alpha value is -0.670. The number of benzene rings is 1. The first kappa shape index (κ1) is 12.8. The average Bonchev–Trinajstić information content (AvgIpc) is 2.29. The Kier molecular flexibility index (Phi) is 4.35. The van der Waals surface area contributed by atoms with Crippen LogP contribution < -0.4 is 5.32 Å². The van der Waals surface area contributed by atoms with Crippen LogP contribution in [0, 0.1) is 0 Å². The maximum atomic E-state index is 3.43. The van der Waals surface area contributed by atoms with Crippen molar-refractivity contribution in [3.63, 3.8) is 0 Å². The van der Waals surface area contributed by atoms with Crippen LogP contribution in [0.1, 0.15) is 24.7 Å². The molecule has 0 radical (unpaired) electrons. The van der Waals surface area contributed by atoms with Gasteiger partial charge in [0.25, 0.3) is 0 Å². The second kappa shape index (κ2) is 5.78. The normalized spacial score (nSPS) is 21.8. The minimum absolute atomic E-state index is 0.496. The number of rotatable bonds is 3. The number of nitrogens with zero attached hydrogens (tertiary/aromatic N) is 1. The molecule has 0 saturated carbocycles. The molecule has 1 aromatic carbocycles. The monoisotopic (exact) mass is 250 g/mol. The zero-order valence-corrected chi connectivity index (χ0v) is 11.8. The van der Waals surface area contributed by atoms with E-state index >= 15 is 0 Å². The van der Waals surface area contributed by atoms with Crippen LogP contribution in [0.3, 0.4) is 0 Å². The lowest BCUT2D eigenvalue weighted by molar-refractivity contribution is 0.347. The van der Waals surface area contributed by atoms with Gasteiger partial charge in [-0.2, -0.15) is 11.8 Å². The molecule has 1 atom stereocenters. The minimum Gasteiger partial charge on any atom is -0.383 e. The molecule has 2 nitrogen and oxygen atoms in total. The molecule has 1 N–H and O–H groups in total. The molecule has 2 rings (SSSR count). The van der Waals surface area contributed by atoms with Gasteiger partial charge in [-0.15, -0.1) is 0 Å². The van der Waals surface area contributed by atoms with Crippen molar-refractivity contribution in [1.29, 1.82) is 0 Å².